The van der Waals surface area contributed by atoms with Gasteiger partial charge >= 0.3 is 0 Å². The molecule has 2 nitrogen and oxygen atoms in total. The van der Waals surface area contributed by atoms with E-state index < -0.39 is 0 Å². The highest BCUT2D eigenvalue weighted by atomic mass is 79.9. The summed E-state index contributed by atoms with van der Waals surface area (Å²) in [4.78, 5) is 0. The lowest BCUT2D eigenvalue weighted by Crippen LogP contribution is -2.22. The molecule has 0 bridgehead atoms. The Morgan fingerprint density at radius 2 is 1.90 bits per heavy atom. The molecular weight excluding hydrogens is 326 g/mol. The van der Waals surface area contributed by atoms with Crippen molar-refractivity contribution in [2.45, 2.75) is 19.4 Å². The van der Waals surface area contributed by atoms with Crippen molar-refractivity contribution in [2.24, 2.45) is 0 Å². The molecule has 0 aliphatic carbocycles. The van der Waals surface area contributed by atoms with Crippen LogP contribution in [0.4, 0.5) is 0 Å². The summed E-state index contributed by atoms with van der Waals surface area (Å²) in [5.74, 6) is 0. The van der Waals surface area contributed by atoms with Crippen LogP contribution in [0.1, 0.15) is 24.1 Å². The first-order valence-corrected chi connectivity index (χ1v) is 8.01. The predicted octanol–water partition coefficient (Wildman–Crippen LogP) is 5.09. The van der Waals surface area contributed by atoms with Crippen molar-refractivity contribution in [3.05, 3.63) is 70.6 Å². The molecule has 1 unspecified atom stereocenters. The summed E-state index contributed by atoms with van der Waals surface area (Å²) >= 11 is 3.48. The first-order valence-electron chi connectivity index (χ1n) is 7.22. The Bertz CT molecular complexity index is 735. The van der Waals surface area contributed by atoms with Gasteiger partial charge in [0.15, 0.2) is 4.67 Å². The average Bonchev–Trinajstić information content (AvgIpc) is 2.93. The van der Waals surface area contributed by atoms with E-state index in [9.17, 15) is 0 Å². The van der Waals surface area contributed by atoms with Crippen LogP contribution < -0.4 is 5.32 Å². The monoisotopic (exact) mass is 343 g/mol. The molecule has 0 aliphatic heterocycles. The molecule has 0 spiro atoms. The molecule has 1 aromatic heterocycles. The Balaban J connectivity index is 1.89. The van der Waals surface area contributed by atoms with Gasteiger partial charge in [0.1, 0.15) is 0 Å². The molecule has 3 rings (SSSR count). The van der Waals surface area contributed by atoms with E-state index in [1.54, 1.807) is 6.26 Å². The molecule has 108 valence electrons. The minimum atomic E-state index is 0.254. The van der Waals surface area contributed by atoms with Gasteiger partial charge in [0.25, 0.3) is 0 Å². The number of hydrogen-bond acceptors (Lipinski definition) is 2. The summed E-state index contributed by atoms with van der Waals surface area (Å²) in [5, 5.41) is 6.10. The van der Waals surface area contributed by atoms with Crippen LogP contribution in [0.15, 0.2) is 63.9 Å². The van der Waals surface area contributed by atoms with Gasteiger partial charge in [-0.3, -0.25) is 0 Å². The van der Waals surface area contributed by atoms with Crippen molar-refractivity contribution in [1.29, 1.82) is 0 Å². The van der Waals surface area contributed by atoms with Gasteiger partial charge in [-0.05, 0) is 51.3 Å². The van der Waals surface area contributed by atoms with E-state index in [0.717, 1.165) is 17.6 Å². The molecule has 21 heavy (non-hydrogen) atoms. The van der Waals surface area contributed by atoms with E-state index in [1.807, 2.05) is 6.07 Å². The van der Waals surface area contributed by atoms with Gasteiger partial charge in [0, 0.05) is 11.6 Å². The number of rotatable bonds is 5. The number of fused-ring (bicyclic) bond motifs is 1. The predicted molar refractivity (Wildman–Crippen MR) is 90.5 cm³/mol. The zero-order valence-electron chi connectivity index (χ0n) is 12.0. The maximum atomic E-state index is 5.38. The summed E-state index contributed by atoms with van der Waals surface area (Å²) in [7, 11) is 0. The van der Waals surface area contributed by atoms with Gasteiger partial charge in [0.2, 0.25) is 0 Å². The molecule has 0 saturated heterocycles. The fourth-order valence-corrected chi connectivity index (χ4v) is 3.21. The summed E-state index contributed by atoms with van der Waals surface area (Å²) in [6, 6.07) is 17.4. The second kappa shape index (κ2) is 6.46. The minimum Gasteiger partial charge on any atom is -0.457 e. The van der Waals surface area contributed by atoms with Gasteiger partial charge in [-0.15, -0.1) is 0 Å². The molecule has 2 aromatic carbocycles. The van der Waals surface area contributed by atoms with E-state index in [-0.39, 0.29) is 6.04 Å². The smallest absolute Gasteiger partial charge is 0.173 e. The lowest BCUT2D eigenvalue weighted by molar-refractivity contribution is 0.506. The standard InChI is InChI=1S/C18H18BrNO/c1-2-20-17(16-9-10-21-18(16)19)12-13-7-8-14-5-3-4-6-15(14)11-13/h3-11,17,20H,2,12H2,1H3. The van der Waals surface area contributed by atoms with Crippen molar-refractivity contribution in [3.8, 4) is 0 Å². The van der Waals surface area contributed by atoms with Crippen LogP contribution in [0.3, 0.4) is 0 Å². The Labute approximate surface area is 133 Å². The van der Waals surface area contributed by atoms with Crippen LogP contribution in [0.25, 0.3) is 10.8 Å². The number of halogens is 1. The molecule has 3 heteroatoms. The van der Waals surface area contributed by atoms with Crippen LogP contribution in [-0.4, -0.2) is 6.54 Å². The lowest BCUT2D eigenvalue weighted by Gasteiger charge is -2.17. The fourth-order valence-electron chi connectivity index (χ4n) is 2.69. The highest BCUT2D eigenvalue weighted by Crippen LogP contribution is 2.28. The molecular formula is C18H18BrNO. The van der Waals surface area contributed by atoms with Gasteiger partial charge in [-0.25, -0.2) is 0 Å². The van der Waals surface area contributed by atoms with E-state index in [1.165, 1.54) is 21.9 Å². The number of nitrogens with one attached hydrogen (secondary N) is 1. The van der Waals surface area contributed by atoms with E-state index >= 15 is 0 Å². The quantitative estimate of drug-likeness (QED) is 0.698. The molecule has 0 radical (unpaired) electrons. The molecule has 1 N–H and O–H groups in total. The highest BCUT2D eigenvalue weighted by molar-refractivity contribution is 9.10. The van der Waals surface area contributed by atoms with Crippen LogP contribution in [-0.2, 0) is 6.42 Å². The average molecular weight is 344 g/mol. The maximum Gasteiger partial charge on any atom is 0.173 e. The van der Waals surface area contributed by atoms with E-state index in [4.69, 9.17) is 4.42 Å². The van der Waals surface area contributed by atoms with Gasteiger partial charge in [-0.1, -0.05) is 49.4 Å². The highest BCUT2D eigenvalue weighted by Gasteiger charge is 2.16. The second-order valence-electron chi connectivity index (χ2n) is 5.15. The Kier molecular flexibility index (Phi) is 4.42. The van der Waals surface area contributed by atoms with Crippen LogP contribution in [0, 0.1) is 0 Å². The summed E-state index contributed by atoms with van der Waals surface area (Å²) < 4.78 is 6.19. The minimum absolute atomic E-state index is 0.254. The molecule has 1 heterocycles. The first kappa shape index (κ1) is 14.4. The van der Waals surface area contributed by atoms with Gasteiger partial charge in [-0.2, -0.15) is 0 Å². The van der Waals surface area contributed by atoms with Crippen LogP contribution in [0.2, 0.25) is 0 Å². The number of benzene rings is 2. The summed E-state index contributed by atoms with van der Waals surface area (Å²) in [6.07, 6.45) is 2.67. The Morgan fingerprint density at radius 1 is 1.10 bits per heavy atom. The largest absolute Gasteiger partial charge is 0.457 e. The maximum absolute atomic E-state index is 5.38. The lowest BCUT2D eigenvalue weighted by atomic mass is 9.98. The molecule has 0 fully saturated rings. The molecule has 0 aliphatic rings. The molecule has 0 saturated carbocycles. The zero-order chi connectivity index (χ0) is 14.7. The zero-order valence-corrected chi connectivity index (χ0v) is 13.6. The normalized spacial score (nSPS) is 12.7. The number of hydrogen-bond donors (Lipinski definition) is 1. The first-order chi connectivity index (χ1) is 10.3. The number of likely N-dealkylation sites (N-methyl/N-ethyl adjacent to an activating group) is 1. The fraction of sp³-hybridized carbons (Fsp3) is 0.222. The Morgan fingerprint density at radius 3 is 2.62 bits per heavy atom. The molecule has 0 amide bonds. The van der Waals surface area contributed by atoms with Crippen LogP contribution in [0.5, 0.6) is 0 Å². The van der Waals surface area contributed by atoms with Crippen molar-refractivity contribution in [1.82, 2.24) is 5.32 Å². The summed E-state index contributed by atoms with van der Waals surface area (Å²) in [6.45, 7) is 3.05. The van der Waals surface area contributed by atoms with Gasteiger partial charge < -0.3 is 9.73 Å². The molecule has 1 atom stereocenters. The third kappa shape index (κ3) is 3.20. The summed E-state index contributed by atoms with van der Waals surface area (Å²) in [5.41, 5.74) is 2.50. The number of furan rings is 1. The van der Waals surface area contributed by atoms with Crippen molar-refractivity contribution in [3.63, 3.8) is 0 Å². The van der Waals surface area contributed by atoms with Crippen molar-refractivity contribution in [2.75, 3.05) is 6.54 Å². The molecule has 3 aromatic rings. The van der Waals surface area contributed by atoms with E-state index in [0.29, 0.717) is 0 Å². The van der Waals surface area contributed by atoms with Gasteiger partial charge in [0.05, 0.1) is 6.26 Å². The topological polar surface area (TPSA) is 25.2 Å². The Hall–Kier alpha value is -1.58. The van der Waals surface area contributed by atoms with Crippen LogP contribution >= 0.6 is 15.9 Å². The van der Waals surface area contributed by atoms with E-state index in [2.05, 4.69) is 70.6 Å². The third-order valence-corrected chi connectivity index (χ3v) is 4.37. The SMILES string of the molecule is CCNC(Cc1ccc2ccccc2c1)c1ccoc1Br. The second-order valence-corrected chi connectivity index (χ2v) is 5.87. The third-order valence-electron chi connectivity index (χ3n) is 3.73. The van der Waals surface area contributed by atoms with Crippen molar-refractivity contribution >= 4 is 26.7 Å². The van der Waals surface area contributed by atoms with Crippen molar-refractivity contribution < 1.29 is 4.42 Å².